The lowest BCUT2D eigenvalue weighted by atomic mass is 10.0. The summed E-state index contributed by atoms with van der Waals surface area (Å²) in [6, 6.07) is 3.58. The maximum atomic E-state index is 10.9. The first-order chi connectivity index (χ1) is 9.01. The van der Waals surface area contributed by atoms with E-state index in [0.29, 0.717) is 22.0 Å². The van der Waals surface area contributed by atoms with Crippen molar-refractivity contribution in [3.8, 4) is 5.69 Å². The number of carbonyl (C=O) groups is 1. The minimum Gasteiger partial charge on any atom is -0.481 e. The number of halogens is 2. The van der Waals surface area contributed by atoms with Gasteiger partial charge < -0.3 is 5.11 Å². The molecule has 1 aromatic carbocycles. The van der Waals surface area contributed by atoms with E-state index in [0.717, 1.165) is 11.3 Å². The third kappa shape index (κ3) is 3.08. The van der Waals surface area contributed by atoms with Crippen molar-refractivity contribution in [2.75, 3.05) is 0 Å². The standard InChI is InChI=1S/C13H12Cl2N2O2/c1-2-8-3-10(17-7-9(14)6-16-17)4-12(15)11(8)5-13(18)19/h3-4,6-7H,2,5H2,1H3,(H,18,19). The molecule has 0 amide bonds. The molecule has 2 aromatic rings. The molecule has 0 bridgehead atoms. The Morgan fingerprint density at radius 1 is 1.42 bits per heavy atom. The molecule has 0 fully saturated rings. The summed E-state index contributed by atoms with van der Waals surface area (Å²) in [4.78, 5) is 10.9. The van der Waals surface area contributed by atoms with Crippen molar-refractivity contribution in [3.05, 3.63) is 45.7 Å². The molecular formula is C13H12Cl2N2O2. The number of aliphatic carboxylic acids is 1. The second kappa shape index (κ2) is 5.63. The summed E-state index contributed by atoms with van der Waals surface area (Å²) in [6.07, 6.45) is 3.82. The van der Waals surface area contributed by atoms with Crippen LogP contribution >= 0.6 is 23.2 Å². The van der Waals surface area contributed by atoms with Crippen LogP contribution < -0.4 is 0 Å². The molecule has 1 heterocycles. The van der Waals surface area contributed by atoms with Gasteiger partial charge in [-0.2, -0.15) is 5.10 Å². The van der Waals surface area contributed by atoms with Crippen LogP contribution in [0.1, 0.15) is 18.1 Å². The second-order valence-electron chi connectivity index (χ2n) is 4.09. The summed E-state index contributed by atoms with van der Waals surface area (Å²) in [5.41, 5.74) is 2.32. The highest BCUT2D eigenvalue weighted by Gasteiger charge is 2.13. The summed E-state index contributed by atoms with van der Waals surface area (Å²) < 4.78 is 1.61. The average Bonchev–Trinajstić information content (AvgIpc) is 2.77. The zero-order valence-corrected chi connectivity index (χ0v) is 11.7. The number of benzene rings is 1. The molecular weight excluding hydrogens is 287 g/mol. The van der Waals surface area contributed by atoms with Gasteiger partial charge in [-0.05, 0) is 29.7 Å². The topological polar surface area (TPSA) is 55.1 Å². The van der Waals surface area contributed by atoms with Crippen molar-refractivity contribution in [2.45, 2.75) is 19.8 Å². The predicted molar refractivity (Wildman–Crippen MR) is 74.3 cm³/mol. The molecule has 4 nitrogen and oxygen atoms in total. The molecule has 0 spiro atoms. The van der Waals surface area contributed by atoms with Crippen LogP contribution in [-0.2, 0) is 17.6 Å². The first-order valence-electron chi connectivity index (χ1n) is 5.75. The molecule has 0 aliphatic carbocycles. The summed E-state index contributed by atoms with van der Waals surface area (Å²) >= 11 is 12.0. The van der Waals surface area contributed by atoms with Gasteiger partial charge in [0.25, 0.3) is 0 Å². The Balaban J connectivity index is 2.49. The van der Waals surface area contributed by atoms with Crippen molar-refractivity contribution >= 4 is 29.2 Å². The van der Waals surface area contributed by atoms with Crippen LogP contribution in [0.5, 0.6) is 0 Å². The van der Waals surface area contributed by atoms with Crippen LogP contribution in [0, 0.1) is 0 Å². The Morgan fingerprint density at radius 3 is 2.68 bits per heavy atom. The lowest BCUT2D eigenvalue weighted by Gasteiger charge is -2.11. The normalized spacial score (nSPS) is 10.7. The van der Waals surface area contributed by atoms with E-state index in [2.05, 4.69) is 5.10 Å². The van der Waals surface area contributed by atoms with Gasteiger partial charge in [0.15, 0.2) is 0 Å². The smallest absolute Gasteiger partial charge is 0.307 e. The Hall–Kier alpha value is -1.52. The quantitative estimate of drug-likeness (QED) is 0.941. The number of carboxylic acids is 1. The lowest BCUT2D eigenvalue weighted by molar-refractivity contribution is -0.136. The van der Waals surface area contributed by atoms with Gasteiger partial charge in [-0.25, -0.2) is 4.68 Å². The van der Waals surface area contributed by atoms with Gasteiger partial charge in [0.05, 0.1) is 23.3 Å². The van der Waals surface area contributed by atoms with E-state index in [-0.39, 0.29) is 6.42 Å². The maximum absolute atomic E-state index is 10.9. The van der Waals surface area contributed by atoms with Gasteiger partial charge in [-0.3, -0.25) is 4.79 Å². The van der Waals surface area contributed by atoms with Gasteiger partial charge in [-0.15, -0.1) is 0 Å². The minimum atomic E-state index is -0.897. The molecule has 2 rings (SSSR count). The van der Waals surface area contributed by atoms with Crippen LogP contribution in [0.4, 0.5) is 0 Å². The van der Waals surface area contributed by atoms with E-state index < -0.39 is 5.97 Å². The Labute approximate surface area is 120 Å². The van der Waals surface area contributed by atoms with Crippen LogP contribution in [0.3, 0.4) is 0 Å². The first-order valence-corrected chi connectivity index (χ1v) is 6.50. The van der Waals surface area contributed by atoms with Crippen LogP contribution in [-0.4, -0.2) is 20.9 Å². The molecule has 6 heteroatoms. The molecule has 1 aromatic heterocycles. The number of nitrogens with zero attached hydrogens (tertiary/aromatic N) is 2. The van der Waals surface area contributed by atoms with Crippen molar-refractivity contribution in [1.29, 1.82) is 0 Å². The molecule has 0 atom stereocenters. The molecule has 100 valence electrons. The summed E-state index contributed by atoms with van der Waals surface area (Å²) in [5, 5.41) is 14.0. The van der Waals surface area contributed by atoms with Crippen molar-refractivity contribution in [2.24, 2.45) is 0 Å². The monoisotopic (exact) mass is 298 g/mol. The molecule has 0 unspecified atom stereocenters. The highest BCUT2D eigenvalue weighted by molar-refractivity contribution is 6.32. The number of hydrogen-bond donors (Lipinski definition) is 1. The fourth-order valence-electron chi connectivity index (χ4n) is 1.92. The molecule has 0 aliphatic rings. The third-order valence-corrected chi connectivity index (χ3v) is 3.33. The number of hydrogen-bond acceptors (Lipinski definition) is 2. The number of rotatable bonds is 4. The van der Waals surface area contributed by atoms with Crippen LogP contribution in [0.15, 0.2) is 24.5 Å². The average molecular weight is 299 g/mol. The molecule has 0 radical (unpaired) electrons. The van der Waals surface area contributed by atoms with Gasteiger partial charge in [0.1, 0.15) is 0 Å². The van der Waals surface area contributed by atoms with E-state index in [1.165, 1.54) is 6.20 Å². The number of aryl methyl sites for hydroxylation is 1. The molecule has 0 saturated heterocycles. The van der Waals surface area contributed by atoms with E-state index in [1.54, 1.807) is 16.9 Å². The van der Waals surface area contributed by atoms with Gasteiger partial charge in [0.2, 0.25) is 0 Å². The summed E-state index contributed by atoms with van der Waals surface area (Å²) in [5.74, 6) is -0.897. The van der Waals surface area contributed by atoms with E-state index in [1.807, 2.05) is 13.0 Å². The SMILES string of the molecule is CCc1cc(-n2cc(Cl)cn2)cc(Cl)c1CC(=O)O. The van der Waals surface area contributed by atoms with E-state index in [9.17, 15) is 4.79 Å². The fourth-order valence-corrected chi connectivity index (χ4v) is 2.35. The largest absolute Gasteiger partial charge is 0.481 e. The highest BCUT2D eigenvalue weighted by Crippen LogP contribution is 2.26. The lowest BCUT2D eigenvalue weighted by Crippen LogP contribution is -2.06. The van der Waals surface area contributed by atoms with Gasteiger partial charge in [-0.1, -0.05) is 30.1 Å². The van der Waals surface area contributed by atoms with Gasteiger partial charge >= 0.3 is 5.97 Å². The van der Waals surface area contributed by atoms with Crippen LogP contribution in [0.25, 0.3) is 5.69 Å². The highest BCUT2D eigenvalue weighted by atomic mass is 35.5. The maximum Gasteiger partial charge on any atom is 0.307 e. The predicted octanol–water partition coefficient (Wildman–Crippen LogP) is 3.37. The number of aromatic nitrogens is 2. The summed E-state index contributed by atoms with van der Waals surface area (Å²) in [6.45, 7) is 1.96. The Kier molecular flexibility index (Phi) is 4.12. The molecule has 1 N–H and O–H groups in total. The summed E-state index contributed by atoms with van der Waals surface area (Å²) in [7, 11) is 0. The van der Waals surface area contributed by atoms with Crippen molar-refractivity contribution < 1.29 is 9.90 Å². The molecule has 0 aliphatic heterocycles. The third-order valence-electron chi connectivity index (χ3n) is 2.80. The Morgan fingerprint density at radius 2 is 2.16 bits per heavy atom. The van der Waals surface area contributed by atoms with Crippen LogP contribution in [0.2, 0.25) is 10.0 Å². The van der Waals surface area contributed by atoms with E-state index in [4.69, 9.17) is 28.3 Å². The fraction of sp³-hybridized carbons (Fsp3) is 0.231. The van der Waals surface area contributed by atoms with Gasteiger partial charge in [0, 0.05) is 11.2 Å². The molecule has 0 saturated carbocycles. The zero-order valence-electron chi connectivity index (χ0n) is 10.2. The second-order valence-corrected chi connectivity index (χ2v) is 4.94. The first kappa shape index (κ1) is 13.9. The minimum absolute atomic E-state index is 0.0812. The number of carboxylic acid groups (broad SMARTS) is 1. The zero-order chi connectivity index (χ0) is 14.0. The molecule has 19 heavy (non-hydrogen) atoms. The van der Waals surface area contributed by atoms with Crippen molar-refractivity contribution in [3.63, 3.8) is 0 Å². The Bertz CT molecular complexity index is 623. The van der Waals surface area contributed by atoms with Crippen molar-refractivity contribution in [1.82, 2.24) is 9.78 Å². The van der Waals surface area contributed by atoms with E-state index >= 15 is 0 Å².